The van der Waals surface area contributed by atoms with Crippen LogP contribution in [0.5, 0.6) is 0 Å². The minimum atomic E-state index is -0.588. The fourth-order valence-corrected chi connectivity index (χ4v) is 1.69. The summed E-state index contributed by atoms with van der Waals surface area (Å²) >= 11 is 0. The van der Waals surface area contributed by atoms with Gasteiger partial charge >= 0.3 is 0 Å². The highest BCUT2D eigenvalue weighted by Crippen LogP contribution is 2.11. The van der Waals surface area contributed by atoms with Gasteiger partial charge in [0.25, 0.3) is 5.91 Å². The second-order valence-corrected chi connectivity index (χ2v) is 4.90. The van der Waals surface area contributed by atoms with E-state index in [1.54, 1.807) is 33.2 Å². The lowest BCUT2D eigenvalue weighted by Crippen LogP contribution is -2.37. The van der Waals surface area contributed by atoms with Crippen LogP contribution >= 0.6 is 0 Å². The number of primary amides is 1. The molecule has 0 aliphatic rings. The smallest absolute Gasteiger partial charge is 0.254 e. The van der Waals surface area contributed by atoms with Crippen molar-refractivity contribution in [2.24, 2.45) is 5.73 Å². The first-order chi connectivity index (χ1) is 9.22. The van der Waals surface area contributed by atoms with Gasteiger partial charge in [0.05, 0.1) is 6.54 Å². The molecule has 0 fully saturated rings. The van der Waals surface area contributed by atoms with E-state index in [9.17, 15) is 14.4 Å². The highest BCUT2D eigenvalue weighted by Gasteiger charge is 2.17. The number of likely N-dealkylation sites (N-methyl/N-ethyl adjacent to an activating group) is 2. The molecule has 0 radical (unpaired) electrons. The molecule has 1 aromatic rings. The molecule has 6 heteroatoms. The molecule has 0 heterocycles. The monoisotopic (exact) mass is 277 g/mol. The van der Waals surface area contributed by atoms with E-state index in [1.165, 1.54) is 22.9 Å². The van der Waals surface area contributed by atoms with Gasteiger partial charge in [0.2, 0.25) is 11.8 Å². The van der Waals surface area contributed by atoms with Crippen LogP contribution in [-0.4, -0.2) is 55.2 Å². The first kappa shape index (κ1) is 15.7. The average Bonchev–Trinajstić information content (AvgIpc) is 2.36. The first-order valence-electron chi connectivity index (χ1n) is 6.09. The Morgan fingerprint density at radius 1 is 1.05 bits per heavy atom. The summed E-state index contributed by atoms with van der Waals surface area (Å²) in [5.74, 6) is -1.09. The number of amides is 3. The lowest BCUT2D eigenvalue weighted by Gasteiger charge is -2.19. The van der Waals surface area contributed by atoms with E-state index in [0.717, 1.165) is 5.56 Å². The maximum atomic E-state index is 12.2. The third-order valence-electron chi connectivity index (χ3n) is 2.83. The van der Waals surface area contributed by atoms with E-state index in [4.69, 9.17) is 5.73 Å². The van der Waals surface area contributed by atoms with Crippen LogP contribution in [-0.2, 0) is 4.79 Å². The SMILES string of the molecule is Cc1cc(C(N)=O)cc(C(=O)N(C)CC(=O)N(C)C)c1. The van der Waals surface area contributed by atoms with Crippen LogP contribution in [0, 0.1) is 6.92 Å². The summed E-state index contributed by atoms with van der Waals surface area (Å²) in [6.07, 6.45) is 0. The number of hydrogen-bond donors (Lipinski definition) is 1. The first-order valence-corrected chi connectivity index (χ1v) is 6.09. The van der Waals surface area contributed by atoms with Crippen molar-refractivity contribution in [3.8, 4) is 0 Å². The normalized spacial score (nSPS) is 10.0. The Hall–Kier alpha value is -2.37. The molecule has 108 valence electrons. The van der Waals surface area contributed by atoms with Gasteiger partial charge in [-0.2, -0.15) is 0 Å². The zero-order chi connectivity index (χ0) is 15.4. The molecular weight excluding hydrogens is 258 g/mol. The van der Waals surface area contributed by atoms with E-state index in [-0.39, 0.29) is 23.9 Å². The quantitative estimate of drug-likeness (QED) is 0.856. The van der Waals surface area contributed by atoms with Crippen molar-refractivity contribution in [3.05, 3.63) is 34.9 Å². The summed E-state index contributed by atoms with van der Waals surface area (Å²) in [4.78, 5) is 37.7. The van der Waals surface area contributed by atoms with Gasteiger partial charge in [0.1, 0.15) is 0 Å². The van der Waals surface area contributed by atoms with Crippen molar-refractivity contribution in [2.75, 3.05) is 27.7 Å². The fourth-order valence-electron chi connectivity index (χ4n) is 1.69. The van der Waals surface area contributed by atoms with Gasteiger partial charge < -0.3 is 15.5 Å². The maximum absolute atomic E-state index is 12.2. The molecule has 0 atom stereocenters. The number of carbonyl (C=O) groups is 3. The van der Waals surface area contributed by atoms with E-state index >= 15 is 0 Å². The molecule has 1 aromatic carbocycles. The van der Waals surface area contributed by atoms with Crippen molar-refractivity contribution in [1.82, 2.24) is 9.80 Å². The third-order valence-corrected chi connectivity index (χ3v) is 2.83. The molecule has 0 unspecified atom stereocenters. The summed E-state index contributed by atoms with van der Waals surface area (Å²) < 4.78 is 0. The van der Waals surface area contributed by atoms with Crippen molar-refractivity contribution in [1.29, 1.82) is 0 Å². The van der Waals surface area contributed by atoms with Gasteiger partial charge in [-0.15, -0.1) is 0 Å². The lowest BCUT2D eigenvalue weighted by atomic mass is 10.1. The van der Waals surface area contributed by atoms with Crippen LogP contribution in [0.25, 0.3) is 0 Å². The number of nitrogens with two attached hydrogens (primary N) is 1. The van der Waals surface area contributed by atoms with Gasteiger partial charge in [-0.05, 0) is 30.7 Å². The number of hydrogen-bond acceptors (Lipinski definition) is 3. The average molecular weight is 277 g/mol. The number of nitrogens with zero attached hydrogens (tertiary/aromatic N) is 2. The predicted octanol–water partition coefficient (Wildman–Crippen LogP) is 0.254. The van der Waals surface area contributed by atoms with Crippen molar-refractivity contribution >= 4 is 17.7 Å². The van der Waals surface area contributed by atoms with Gasteiger partial charge in [0, 0.05) is 32.3 Å². The number of aryl methyl sites for hydroxylation is 1. The van der Waals surface area contributed by atoms with Gasteiger partial charge in [-0.1, -0.05) is 0 Å². The Morgan fingerprint density at radius 2 is 1.60 bits per heavy atom. The Morgan fingerprint density at radius 3 is 2.10 bits per heavy atom. The van der Waals surface area contributed by atoms with Crippen LogP contribution in [0.15, 0.2) is 18.2 Å². The Labute approximate surface area is 118 Å². The molecule has 0 saturated heterocycles. The molecule has 2 N–H and O–H groups in total. The zero-order valence-electron chi connectivity index (χ0n) is 12.1. The van der Waals surface area contributed by atoms with Crippen LogP contribution < -0.4 is 5.73 Å². The molecule has 0 spiro atoms. The molecule has 0 saturated carbocycles. The van der Waals surface area contributed by atoms with Gasteiger partial charge in [0.15, 0.2) is 0 Å². The van der Waals surface area contributed by atoms with E-state index in [2.05, 4.69) is 0 Å². The van der Waals surface area contributed by atoms with Crippen LogP contribution in [0.3, 0.4) is 0 Å². The number of carbonyl (C=O) groups excluding carboxylic acids is 3. The molecule has 3 amide bonds. The summed E-state index contributed by atoms with van der Waals surface area (Å²) in [6.45, 7) is 1.75. The van der Waals surface area contributed by atoms with Gasteiger partial charge in [-0.3, -0.25) is 14.4 Å². The standard InChI is InChI=1S/C14H19N3O3/c1-9-5-10(13(15)19)7-11(6-9)14(20)17(4)8-12(18)16(2)3/h5-7H,8H2,1-4H3,(H2,15,19). The predicted molar refractivity (Wildman–Crippen MR) is 75.4 cm³/mol. The Balaban J connectivity index is 2.97. The summed E-state index contributed by atoms with van der Waals surface area (Å²) in [7, 11) is 4.78. The van der Waals surface area contributed by atoms with Crippen molar-refractivity contribution in [2.45, 2.75) is 6.92 Å². The molecule has 0 bridgehead atoms. The fraction of sp³-hybridized carbons (Fsp3) is 0.357. The summed E-state index contributed by atoms with van der Waals surface area (Å²) in [5, 5.41) is 0. The van der Waals surface area contributed by atoms with E-state index in [0.29, 0.717) is 5.56 Å². The Bertz CT molecular complexity index is 553. The third kappa shape index (κ3) is 3.81. The largest absolute Gasteiger partial charge is 0.366 e. The second-order valence-electron chi connectivity index (χ2n) is 4.90. The van der Waals surface area contributed by atoms with Crippen molar-refractivity contribution < 1.29 is 14.4 Å². The molecule has 0 aliphatic heterocycles. The molecule has 6 nitrogen and oxygen atoms in total. The number of rotatable bonds is 4. The highest BCUT2D eigenvalue weighted by atomic mass is 16.2. The topological polar surface area (TPSA) is 83.7 Å². The molecular formula is C14H19N3O3. The second kappa shape index (κ2) is 6.18. The van der Waals surface area contributed by atoms with E-state index in [1.807, 2.05) is 0 Å². The molecule has 20 heavy (non-hydrogen) atoms. The highest BCUT2D eigenvalue weighted by molar-refractivity contribution is 6.00. The van der Waals surface area contributed by atoms with Crippen LogP contribution in [0.4, 0.5) is 0 Å². The van der Waals surface area contributed by atoms with Crippen LogP contribution in [0.1, 0.15) is 26.3 Å². The summed E-state index contributed by atoms with van der Waals surface area (Å²) in [5.41, 5.74) is 6.60. The molecule has 0 aliphatic carbocycles. The summed E-state index contributed by atoms with van der Waals surface area (Å²) in [6, 6.07) is 4.71. The van der Waals surface area contributed by atoms with Crippen molar-refractivity contribution in [3.63, 3.8) is 0 Å². The Kier molecular flexibility index (Phi) is 4.85. The van der Waals surface area contributed by atoms with Crippen LogP contribution in [0.2, 0.25) is 0 Å². The minimum absolute atomic E-state index is 0.0221. The molecule has 0 aromatic heterocycles. The lowest BCUT2D eigenvalue weighted by molar-refractivity contribution is -0.129. The minimum Gasteiger partial charge on any atom is -0.366 e. The zero-order valence-corrected chi connectivity index (χ0v) is 12.1. The number of benzene rings is 1. The molecule has 1 rings (SSSR count). The maximum Gasteiger partial charge on any atom is 0.254 e. The van der Waals surface area contributed by atoms with E-state index < -0.39 is 5.91 Å². The van der Waals surface area contributed by atoms with Gasteiger partial charge in [-0.25, -0.2) is 0 Å².